The second-order valence-corrected chi connectivity index (χ2v) is 10.6. The number of benzene rings is 3. The molecule has 3 N–H and O–H groups in total. The number of aryl methyl sites for hydroxylation is 1. The summed E-state index contributed by atoms with van der Waals surface area (Å²) < 4.78 is 38.3. The minimum atomic E-state index is -0.469. The van der Waals surface area contributed by atoms with Gasteiger partial charge in [-0.3, -0.25) is 0 Å². The highest BCUT2D eigenvalue weighted by molar-refractivity contribution is 7.80. The average Bonchev–Trinajstić information content (AvgIpc) is 3.53. The summed E-state index contributed by atoms with van der Waals surface area (Å²) in [5, 5.41) is 19.2. The molecule has 5 rings (SSSR count). The van der Waals surface area contributed by atoms with E-state index in [9.17, 15) is 14.3 Å². The van der Waals surface area contributed by atoms with Crippen molar-refractivity contribution in [2.75, 3.05) is 20.3 Å². The molecule has 5 aromatic rings. The molecule has 0 radical (unpaired) electrons. The standard InChI is InChI=1S/C33H33FN4O6S/c1-3-42-32(40)28-25-19-23(13-15-27(25)44-30(28)20-8-11-22(41-2)12-9-20)43-17-7-5-4-6-16-38-26-14-10-21(34)18-24(26)29(31(38)39)36-37-33(35)45/h8-15,18-19,39H,3-7,16-17H2,1-2H3,(H2,35,45). The minimum absolute atomic E-state index is 0.120. The Morgan fingerprint density at radius 2 is 1.78 bits per heavy atom. The first kappa shape index (κ1) is 31.5. The van der Waals surface area contributed by atoms with Crippen LogP contribution in [0.2, 0.25) is 0 Å². The topological polar surface area (TPSA) is 134 Å². The number of nitrogens with zero attached hydrogens (tertiary/aromatic N) is 3. The Bertz CT molecular complexity index is 1870. The van der Waals surface area contributed by atoms with Crippen molar-refractivity contribution in [1.29, 1.82) is 0 Å². The number of thiocarbonyl (C=S) groups is 1. The summed E-state index contributed by atoms with van der Waals surface area (Å²) in [5.41, 5.74) is 7.80. The highest BCUT2D eigenvalue weighted by Gasteiger charge is 2.24. The fourth-order valence-corrected chi connectivity index (χ4v) is 5.19. The molecular formula is C33H33FN4O6S. The zero-order valence-corrected chi connectivity index (χ0v) is 25.7. The smallest absolute Gasteiger partial charge is 0.342 e. The van der Waals surface area contributed by atoms with E-state index in [1.165, 1.54) is 12.1 Å². The van der Waals surface area contributed by atoms with E-state index in [2.05, 4.69) is 10.2 Å². The van der Waals surface area contributed by atoms with Gasteiger partial charge in [0.05, 0.1) is 25.8 Å². The number of hydrogen-bond acceptors (Lipinski definition) is 8. The van der Waals surface area contributed by atoms with E-state index in [4.69, 9.17) is 36.6 Å². The fraction of sp³-hybridized carbons (Fsp3) is 0.273. The molecule has 0 saturated carbocycles. The first-order valence-corrected chi connectivity index (χ1v) is 14.9. The molecule has 0 bridgehead atoms. The number of nitrogens with two attached hydrogens (primary N) is 1. The van der Waals surface area contributed by atoms with Crippen LogP contribution in [0.5, 0.6) is 17.4 Å². The maximum absolute atomic E-state index is 13.9. The van der Waals surface area contributed by atoms with Crippen molar-refractivity contribution in [3.63, 3.8) is 0 Å². The van der Waals surface area contributed by atoms with E-state index >= 15 is 0 Å². The van der Waals surface area contributed by atoms with Crippen LogP contribution < -0.4 is 15.2 Å². The van der Waals surface area contributed by atoms with Crippen molar-refractivity contribution < 1.29 is 32.9 Å². The van der Waals surface area contributed by atoms with E-state index in [1.807, 2.05) is 18.2 Å². The Labute approximate surface area is 264 Å². The number of rotatable bonds is 13. The van der Waals surface area contributed by atoms with Crippen LogP contribution in [0.25, 0.3) is 33.2 Å². The number of hydrogen-bond donors (Lipinski definition) is 2. The summed E-state index contributed by atoms with van der Waals surface area (Å²) in [6.45, 7) is 2.97. The molecule has 0 atom stereocenters. The highest BCUT2D eigenvalue weighted by Crippen LogP contribution is 2.40. The van der Waals surface area contributed by atoms with E-state index in [1.54, 1.807) is 48.9 Å². The number of aromatic hydroxyl groups is 1. The van der Waals surface area contributed by atoms with Gasteiger partial charge >= 0.3 is 5.97 Å². The van der Waals surface area contributed by atoms with Crippen molar-refractivity contribution in [2.45, 2.75) is 39.2 Å². The van der Waals surface area contributed by atoms with E-state index in [0.717, 1.165) is 31.2 Å². The van der Waals surface area contributed by atoms with Crippen LogP contribution >= 0.6 is 12.2 Å². The molecule has 0 saturated heterocycles. The van der Waals surface area contributed by atoms with Gasteiger partial charge in [-0.15, -0.1) is 10.2 Å². The minimum Gasteiger partial charge on any atom is -0.497 e. The molecule has 0 spiro atoms. The van der Waals surface area contributed by atoms with Gasteiger partial charge in [0.1, 0.15) is 34.2 Å². The molecule has 0 unspecified atom stereocenters. The second-order valence-electron chi connectivity index (χ2n) is 10.2. The SMILES string of the molecule is CCOC(=O)c1c(-c2ccc(OC)cc2)oc2ccc(OCCCCCCn3c(O)c(N=NC(N)=S)c4cc(F)ccc43)cc12. The molecule has 2 heterocycles. The van der Waals surface area contributed by atoms with Gasteiger partial charge in [0.25, 0.3) is 0 Å². The Morgan fingerprint density at radius 3 is 2.51 bits per heavy atom. The Morgan fingerprint density at radius 1 is 1.02 bits per heavy atom. The monoisotopic (exact) mass is 632 g/mol. The predicted molar refractivity (Wildman–Crippen MR) is 173 cm³/mol. The zero-order valence-electron chi connectivity index (χ0n) is 24.9. The van der Waals surface area contributed by atoms with E-state index in [0.29, 0.717) is 57.8 Å². The summed E-state index contributed by atoms with van der Waals surface area (Å²) in [6.07, 6.45) is 3.31. The van der Waals surface area contributed by atoms with Gasteiger partial charge in [0.2, 0.25) is 11.0 Å². The predicted octanol–water partition coefficient (Wildman–Crippen LogP) is 8.05. The molecule has 0 amide bonds. The third-order valence-electron chi connectivity index (χ3n) is 7.26. The number of fused-ring (bicyclic) bond motifs is 2. The second kappa shape index (κ2) is 14.2. The van der Waals surface area contributed by atoms with E-state index < -0.39 is 11.8 Å². The van der Waals surface area contributed by atoms with Gasteiger partial charge in [0, 0.05) is 22.9 Å². The Hall–Kier alpha value is -4.97. The van der Waals surface area contributed by atoms with Crippen LogP contribution in [0.3, 0.4) is 0 Å². The molecule has 0 aliphatic carbocycles. The molecule has 2 aromatic heterocycles. The van der Waals surface area contributed by atoms with Crippen molar-refractivity contribution in [2.24, 2.45) is 16.0 Å². The quantitative estimate of drug-likeness (QED) is 0.0576. The van der Waals surface area contributed by atoms with Crippen LogP contribution in [-0.2, 0) is 11.3 Å². The number of esters is 1. The summed E-state index contributed by atoms with van der Waals surface area (Å²) >= 11 is 4.74. The number of unbranched alkanes of at least 4 members (excludes halogenated alkanes) is 3. The van der Waals surface area contributed by atoms with Crippen LogP contribution in [0.4, 0.5) is 10.1 Å². The van der Waals surface area contributed by atoms with Crippen LogP contribution in [0.1, 0.15) is 43.0 Å². The molecular weight excluding hydrogens is 599 g/mol. The number of carbonyl (C=O) groups excluding carboxylic acids is 1. The number of ether oxygens (including phenoxy) is 3. The average molecular weight is 633 g/mol. The number of furan rings is 1. The number of carbonyl (C=O) groups is 1. The molecule has 0 aliphatic heterocycles. The Kier molecular flexibility index (Phi) is 9.93. The van der Waals surface area contributed by atoms with Crippen molar-refractivity contribution in [3.8, 4) is 28.7 Å². The zero-order chi connectivity index (χ0) is 31.9. The molecule has 0 fully saturated rings. The molecule has 10 nitrogen and oxygen atoms in total. The molecule has 0 aliphatic rings. The first-order valence-electron chi connectivity index (χ1n) is 14.5. The summed E-state index contributed by atoms with van der Waals surface area (Å²) in [5.74, 6) is 0.696. The lowest BCUT2D eigenvalue weighted by atomic mass is 10.1. The largest absolute Gasteiger partial charge is 0.497 e. The van der Waals surface area contributed by atoms with Crippen molar-refractivity contribution >= 4 is 50.9 Å². The maximum Gasteiger partial charge on any atom is 0.342 e. The Balaban J connectivity index is 1.20. The van der Waals surface area contributed by atoms with Gasteiger partial charge < -0.3 is 34.0 Å². The highest BCUT2D eigenvalue weighted by atomic mass is 32.1. The normalized spacial score (nSPS) is 11.4. The van der Waals surface area contributed by atoms with Gasteiger partial charge in [-0.2, -0.15) is 0 Å². The van der Waals surface area contributed by atoms with Gasteiger partial charge in [-0.1, -0.05) is 12.8 Å². The number of aromatic nitrogens is 1. The van der Waals surface area contributed by atoms with Gasteiger partial charge in [-0.25, -0.2) is 9.18 Å². The fourth-order valence-electron chi connectivity index (χ4n) is 5.15. The van der Waals surface area contributed by atoms with E-state index in [-0.39, 0.29) is 23.3 Å². The van der Waals surface area contributed by atoms with Crippen LogP contribution in [0, 0.1) is 5.82 Å². The van der Waals surface area contributed by atoms with Crippen LogP contribution in [0.15, 0.2) is 75.3 Å². The van der Waals surface area contributed by atoms with Gasteiger partial charge in [-0.05, 0) is 92.6 Å². The molecule has 45 heavy (non-hydrogen) atoms. The number of methoxy groups -OCH3 is 1. The lowest BCUT2D eigenvalue weighted by Crippen LogP contribution is -2.05. The molecule has 234 valence electrons. The van der Waals surface area contributed by atoms with Crippen molar-refractivity contribution in [1.82, 2.24) is 4.57 Å². The summed E-state index contributed by atoms with van der Waals surface area (Å²) in [6, 6.07) is 16.9. The lowest BCUT2D eigenvalue weighted by molar-refractivity contribution is 0.0528. The first-order chi connectivity index (χ1) is 21.8. The maximum atomic E-state index is 13.9. The molecule has 12 heteroatoms. The lowest BCUT2D eigenvalue weighted by Gasteiger charge is -2.08. The third-order valence-corrected chi connectivity index (χ3v) is 7.34. The van der Waals surface area contributed by atoms with Gasteiger partial charge in [0.15, 0.2) is 5.69 Å². The summed E-state index contributed by atoms with van der Waals surface area (Å²) in [7, 11) is 1.59. The van der Waals surface area contributed by atoms with Crippen molar-refractivity contribution in [3.05, 3.63) is 72.0 Å². The third kappa shape index (κ3) is 7.07. The number of azo groups is 1. The molecule has 3 aromatic carbocycles. The number of halogens is 1. The summed E-state index contributed by atoms with van der Waals surface area (Å²) in [4.78, 5) is 13.0. The van der Waals surface area contributed by atoms with Crippen LogP contribution in [-0.4, -0.2) is 41.1 Å².